The zero-order chi connectivity index (χ0) is 23.3. The van der Waals surface area contributed by atoms with Crippen molar-refractivity contribution in [1.29, 1.82) is 0 Å². The summed E-state index contributed by atoms with van der Waals surface area (Å²) in [6.45, 7) is 4.83. The Labute approximate surface area is 186 Å². The van der Waals surface area contributed by atoms with Crippen LogP contribution in [0.4, 0.5) is 10.6 Å². The van der Waals surface area contributed by atoms with E-state index in [1.807, 2.05) is 12.1 Å². The van der Waals surface area contributed by atoms with Gasteiger partial charge in [-0.3, -0.25) is 14.7 Å². The van der Waals surface area contributed by atoms with Crippen LogP contribution in [0.3, 0.4) is 0 Å². The minimum atomic E-state index is -0.950. The van der Waals surface area contributed by atoms with E-state index in [9.17, 15) is 19.2 Å². The van der Waals surface area contributed by atoms with E-state index in [0.29, 0.717) is 44.7 Å². The minimum Gasteiger partial charge on any atom is -0.338 e. The fourth-order valence-electron chi connectivity index (χ4n) is 3.43. The summed E-state index contributed by atoms with van der Waals surface area (Å²) in [6.07, 6.45) is 3.51. The Hall–Kier alpha value is -3.53. The molecule has 170 valence electrons. The van der Waals surface area contributed by atoms with Crippen LogP contribution in [0.15, 0.2) is 41.3 Å². The van der Waals surface area contributed by atoms with Crippen LogP contribution in [0.2, 0.25) is 0 Å². The number of rotatable bonds is 6. The number of nitrogens with one attached hydrogen (secondary N) is 1. The van der Waals surface area contributed by atoms with Gasteiger partial charge in [-0.05, 0) is 44.0 Å². The van der Waals surface area contributed by atoms with Crippen molar-refractivity contribution in [2.24, 2.45) is 5.73 Å². The highest BCUT2D eigenvalue weighted by molar-refractivity contribution is 5.89. The van der Waals surface area contributed by atoms with E-state index in [0.717, 1.165) is 11.8 Å². The topological polar surface area (TPSA) is 131 Å². The summed E-state index contributed by atoms with van der Waals surface area (Å²) < 4.78 is 1.37. The highest BCUT2D eigenvalue weighted by atomic mass is 16.2. The summed E-state index contributed by atoms with van der Waals surface area (Å²) in [5, 5.41) is 2.64. The molecule has 3 N–H and O–H groups in total. The summed E-state index contributed by atoms with van der Waals surface area (Å²) in [4.78, 5) is 54.9. The smallest absolute Gasteiger partial charge is 0.338 e. The van der Waals surface area contributed by atoms with Crippen molar-refractivity contribution in [1.82, 2.24) is 19.4 Å². The van der Waals surface area contributed by atoms with Gasteiger partial charge in [-0.25, -0.2) is 9.59 Å². The zero-order valence-corrected chi connectivity index (χ0v) is 18.3. The van der Waals surface area contributed by atoms with Gasteiger partial charge in [0.05, 0.1) is 11.2 Å². The summed E-state index contributed by atoms with van der Waals surface area (Å²) >= 11 is 0. The number of amides is 3. The molecular formula is C22H28N6O4. The Morgan fingerprint density at radius 1 is 1.09 bits per heavy atom. The lowest BCUT2D eigenvalue weighted by molar-refractivity contribution is -0.137. The van der Waals surface area contributed by atoms with Crippen molar-refractivity contribution < 1.29 is 14.4 Å². The Kier molecular flexibility index (Phi) is 7.04. The Morgan fingerprint density at radius 2 is 1.72 bits per heavy atom. The second kappa shape index (κ2) is 9.73. The summed E-state index contributed by atoms with van der Waals surface area (Å²) in [5.74, 6) is 0.0000527. The van der Waals surface area contributed by atoms with Crippen molar-refractivity contribution >= 4 is 24.0 Å². The Morgan fingerprint density at radius 3 is 2.28 bits per heavy atom. The number of aryl methyl sites for hydroxylation is 1. The lowest BCUT2D eigenvalue weighted by atomic mass is 10.1. The number of aromatic nitrogens is 2. The number of hydrogen-bond acceptors (Lipinski definition) is 6. The highest BCUT2D eigenvalue weighted by Gasteiger charge is 2.31. The molecule has 1 aromatic carbocycles. The monoisotopic (exact) mass is 440 g/mol. The molecule has 1 aromatic heterocycles. The molecule has 2 aromatic rings. The highest BCUT2D eigenvalue weighted by Crippen LogP contribution is 2.12. The van der Waals surface area contributed by atoms with Gasteiger partial charge in [-0.1, -0.05) is 12.1 Å². The Bertz CT molecular complexity index is 1030. The molecule has 1 aliphatic heterocycles. The van der Waals surface area contributed by atoms with Gasteiger partial charge in [-0.15, -0.1) is 0 Å². The molecule has 10 nitrogen and oxygen atoms in total. The van der Waals surface area contributed by atoms with Gasteiger partial charge in [0.15, 0.2) is 0 Å². The van der Waals surface area contributed by atoms with Crippen LogP contribution in [0.25, 0.3) is 5.69 Å². The number of nitrogens with zero attached hydrogens (tertiary/aromatic N) is 4. The standard InChI is InChI=1S/C22H28N6O4/c1-22(2,23)19(30)26-11-13-27(14-12-26)20(31)24-18-9-10-28(21(32)25-18)17-7-5-16(6-8-17)4-3-15-29/h5-10,15H,3-4,11-14,23H2,1-2H3,(H,24,25,31,32). The number of carbonyl (C=O) groups is 3. The van der Waals surface area contributed by atoms with E-state index in [4.69, 9.17) is 5.73 Å². The number of anilines is 1. The van der Waals surface area contributed by atoms with E-state index < -0.39 is 11.2 Å². The van der Waals surface area contributed by atoms with E-state index in [-0.39, 0.29) is 17.8 Å². The molecular weight excluding hydrogens is 412 g/mol. The second-order valence-electron chi connectivity index (χ2n) is 8.27. The van der Waals surface area contributed by atoms with Gasteiger partial charge in [0.25, 0.3) is 0 Å². The molecule has 3 amide bonds. The van der Waals surface area contributed by atoms with Gasteiger partial charge < -0.3 is 20.3 Å². The first-order chi connectivity index (χ1) is 15.2. The first kappa shape index (κ1) is 23.1. The number of hydrogen-bond donors (Lipinski definition) is 2. The minimum absolute atomic E-state index is 0.153. The van der Waals surface area contributed by atoms with Crippen LogP contribution >= 0.6 is 0 Å². The van der Waals surface area contributed by atoms with Gasteiger partial charge in [0.2, 0.25) is 5.91 Å². The summed E-state index contributed by atoms with van der Waals surface area (Å²) in [6, 6.07) is 8.45. The molecule has 2 heterocycles. The van der Waals surface area contributed by atoms with Gasteiger partial charge in [0.1, 0.15) is 12.1 Å². The van der Waals surface area contributed by atoms with Crippen LogP contribution in [-0.2, 0) is 16.0 Å². The number of urea groups is 1. The van der Waals surface area contributed by atoms with Crippen LogP contribution < -0.4 is 16.7 Å². The molecule has 32 heavy (non-hydrogen) atoms. The second-order valence-corrected chi connectivity index (χ2v) is 8.27. The zero-order valence-electron chi connectivity index (χ0n) is 18.3. The molecule has 0 spiro atoms. The predicted octanol–water partition coefficient (Wildman–Crippen LogP) is 0.777. The Balaban J connectivity index is 1.60. The van der Waals surface area contributed by atoms with Crippen LogP contribution in [-0.4, -0.2) is 69.3 Å². The van der Waals surface area contributed by atoms with E-state index in [1.165, 1.54) is 4.57 Å². The maximum Gasteiger partial charge on any atom is 0.354 e. The maximum atomic E-state index is 12.5. The first-order valence-corrected chi connectivity index (χ1v) is 10.5. The van der Waals surface area contributed by atoms with Crippen LogP contribution in [0.1, 0.15) is 25.8 Å². The molecule has 1 aliphatic rings. The molecule has 0 aliphatic carbocycles. The third-order valence-electron chi connectivity index (χ3n) is 5.21. The van der Waals surface area contributed by atoms with Crippen molar-refractivity contribution in [3.63, 3.8) is 0 Å². The lowest BCUT2D eigenvalue weighted by Crippen LogP contribution is -2.58. The largest absolute Gasteiger partial charge is 0.354 e. The number of nitrogens with two attached hydrogens (primary N) is 1. The van der Waals surface area contributed by atoms with Crippen LogP contribution in [0, 0.1) is 0 Å². The summed E-state index contributed by atoms with van der Waals surface area (Å²) in [5.41, 5.74) is 6.03. The average molecular weight is 441 g/mol. The van der Waals surface area contributed by atoms with Gasteiger partial charge >= 0.3 is 11.7 Å². The number of benzene rings is 1. The molecule has 1 saturated heterocycles. The quantitative estimate of drug-likeness (QED) is 0.638. The fraction of sp³-hybridized carbons (Fsp3) is 0.409. The van der Waals surface area contributed by atoms with Crippen molar-refractivity contribution in [2.45, 2.75) is 32.2 Å². The molecule has 10 heteroatoms. The average Bonchev–Trinajstić information content (AvgIpc) is 2.77. The molecule has 0 saturated carbocycles. The first-order valence-electron chi connectivity index (χ1n) is 10.5. The van der Waals surface area contributed by atoms with E-state index in [1.54, 1.807) is 48.0 Å². The predicted molar refractivity (Wildman–Crippen MR) is 120 cm³/mol. The third kappa shape index (κ3) is 5.58. The number of aldehydes is 1. The van der Waals surface area contributed by atoms with Crippen LogP contribution in [0.5, 0.6) is 0 Å². The SMILES string of the molecule is CC(C)(N)C(=O)N1CCN(C(=O)Nc2ccn(-c3ccc(CCC=O)cc3)c(=O)n2)CC1. The molecule has 0 atom stereocenters. The van der Waals surface area contributed by atoms with Crippen molar-refractivity contribution in [3.05, 3.63) is 52.6 Å². The van der Waals surface area contributed by atoms with E-state index >= 15 is 0 Å². The van der Waals surface area contributed by atoms with Gasteiger partial charge in [0, 0.05) is 38.8 Å². The number of piperazine rings is 1. The van der Waals surface area contributed by atoms with Crippen molar-refractivity contribution in [3.8, 4) is 5.69 Å². The normalized spacial score (nSPS) is 14.2. The molecule has 3 rings (SSSR count). The maximum absolute atomic E-state index is 12.5. The summed E-state index contributed by atoms with van der Waals surface area (Å²) in [7, 11) is 0. The number of carbonyl (C=O) groups excluding carboxylic acids is 3. The van der Waals surface area contributed by atoms with E-state index in [2.05, 4.69) is 10.3 Å². The van der Waals surface area contributed by atoms with Gasteiger partial charge in [-0.2, -0.15) is 4.98 Å². The molecule has 0 bridgehead atoms. The third-order valence-corrected chi connectivity index (χ3v) is 5.21. The molecule has 0 radical (unpaired) electrons. The fourth-order valence-corrected chi connectivity index (χ4v) is 3.43. The molecule has 1 fully saturated rings. The van der Waals surface area contributed by atoms with Crippen molar-refractivity contribution in [2.75, 3.05) is 31.5 Å². The molecule has 0 unspecified atom stereocenters. The lowest BCUT2D eigenvalue weighted by Gasteiger charge is -2.37.